The second-order valence-corrected chi connectivity index (χ2v) is 8.76. The fraction of sp³-hybridized carbons (Fsp3) is 0.636. The number of nitrogens with one attached hydrogen (secondary N) is 1. The Balaban J connectivity index is 1.62. The second kappa shape index (κ2) is 10.2. The van der Waals surface area contributed by atoms with Crippen molar-refractivity contribution >= 4 is 28.7 Å². The van der Waals surface area contributed by atoms with Gasteiger partial charge in [0.05, 0.1) is 16.8 Å². The molecule has 3 rings (SSSR count). The number of aryl methyl sites for hydroxylation is 1. The van der Waals surface area contributed by atoms with Gasteiger partial charge in [-0.05, 0) is 37.3 Å². The Hall–Kier alpha value is -1.49. The van der Waals surface area contributed by atoms with Crippen molar-refractivity contribution in [3.63, 3.8) is 0 Å². The van der Waals surface area contributed by atoms with Gasteiger partial charge in [0.25, 0.3) is 0 Å². The highest BCUT2D eigenvalue weighted by molar-refractivity contribution is 7.99. The number of thioether (sulfide) groups is 1. The lowest BCUT2D eigenvalue weighted by molar-refractivity contribution is -0.119. The Morgan fingerprint density at radius 3 is 2.85 bits per heavy atom. The number of fused-ring (bicyclic) bond motifs is 1. The molecule has 148 valence electrons. The van der Waals surface area contributed by atoms with Gasteiger partial charge < -0.3 is 9.88 Å². The first kappa shape index (κ1) is 20.2. The number of amides is 1. The third-order valence-corrected chi connectivity index (χ3v) is 6.62. The van der Waals surface area contributed by atoms with Gasteiger partial charge in [0.15, 0.2) is 5.16 Å². The Labute approximate surface area is 167 Å². The summed E-state index contributed by atoms with van der Waals surface area (Å²) in [5.74, 6) is 1.18. The van der Waals surface area contributed by atoms with Crippen molar-refractivity contribution < 1.29 is 4.79 Å². The van der Waals surface area contributed by atoms with E-state index in [1.165, 1.54) is 44.0 Å². The summed E-state index contributed by atoms with van der Waals surface area (Å²) in [4.78, 5) is 17.3. The van der Waals surface area contributed by atoms with Gasteiger partial charge in [-0.2, -0.15) is 0 Å². The van der Waals surface area contributed by atoms with E-state index >= 15 is 0 Å². The standard InChI is InChI=1S/C22H33N3OS/c1-3-4-5-10-15-25-20-14-9-8-13-19(20)24-22(25)27-16-21(26)23-18-12-7-6-11-17(18)2/h8-9,13-14,17-18H,3-7,10-12,15-16H2,1-2H3,(H,23,26)/t17-,18-/m0/s1. The topological polar surface area (TPSA) is 46.9 Å². The van der Waals surface area contributed by atoms with E-state index < -0.39 is 0 Å². The molecular weight excluding hydrogens is 354 g/mol. The number of hydrogen-bond acceptors (Lipinski definition) is 3. The van der Waals surface area contributed by atoms with Gasteiger partial charge in [-0.3, -0.25) is 4.79 Å². The first-order chi connectivity index (χ1) is 13.2. The van der Waals surface area contributed by atoms with Crippen LogP contribution in [0.3, 0.4) is 0 Å². The lowest BCUT2D eigenvalue weighted by Crippen LogP contribution is -2.41. The van der Waals surface area contributed by atoms with Crippen LogP contribution in [-0.4, -0.2) is 27.3 Å². The lowest BCUT2D eigenvalue weighted by atomic mass is 9.86. The summed E-state index contributed by atoms with van der Waals surface area (Å²) >= 11 is 1.57. The molecule has 0 radical (unpaired) electrons. The van der Waals surface area contributed by atoms with E-state index in [4.69, 9.17) is 4.98 Å². The maximum absolute atomic E-state index is 12.5. The summed E-state index contributed by atoms with van der Waals surface area (Å²) in [5.41, 5.74) is 2.20. The molecule has 1 amide bonds. The maximum atomic E-state index is 12.5. The predicted octanol–water partition coefficient (Wildman–Crippen LogP) is 5.40. The minimum Gasteiger partial charge on any atom is -0.352 e. The first-order valence-corrected chi connectivity index (χ1v) is 11.5. The second-order valence-electron chi connectivity index (χ2n) is 7.82. The summed E-state index contributed by atoms with van der Waals surface area (Å²) in [7, 11) is 0. The number of imidazole rings is 1. The van der Waals surface area contributed by atoms with E-state index in [1.807, 2.05) is 6.07 Å². The molecule has 27 heavy (non-hydrogen) atoms. The van der Waals surface area contributed by atoms with E-state index in [1.54, 1.807) is 11.8 Å². The normalized spacial score (nSPS) is 20.1. The average Bonchev–Trinajstić information content (AvgIpc) is 3.03. The zero-order chi connectivity index (χ0) is 19.1. The van der Waals surface area contributed by atoms with Gasteiger partial charge in [-0.15, -0.1) is 0 Å². The highest BCUT2D eigenvalue weighted by atomic mass is 32.2. The van der Waals surface area contributed by atoms with Crippen LogP contribution >= 0.6 is 11.8 Å². The number of carbonyl (C=O) groups excluding carboxylic acids is 1. The molecule has 1 saturated carbocycles. The molecule has 1 aliphatic rings. The molecule has 0 spiro atoms. The molecule has 1 aliphatic carbocycles. The smallest absolute Gasteiger partial charge is 0.230 e. The molecule has 0 bridgehead atoms. The van der Waals surface area contributed by atoms with Crippen LogP contribution in [0.5, 0.6) is 0 Å². The van der Waals surface area contributed by atoms with Crippen molar-refractivity contribution in [2.75, 3.05) is 5.75 Å². The van der Waals surface area contributed by atoms with E-state index in [2.05, 4.69) is 41.9 Å². The summed E-state index contributed by atoms with van der Waals surface area (Å²) in [6, 6.07) is 8.64. The molecule has 5 heteroatoms. The van der Waals surface area contributed by atoms with Crippen molar-refractivity contribution in [3.05, 3.63) is 24.3 Å². The van der Waals surface area contributed by atoms with E-state index in [0.717, 1.165) is 30.1 Å². The van der Waals surface area contributed by atoms with E-state index in [9.17, 15) is 4.79 Å². The lowest BCUT2D eigenvalue weighted by Gasteiger charge is -2.29. The number of unbranched alkanes of at least 4 members (excludes halogenated alkanes) is 3. The van der Waals surface area contributed by atoms with Gasteiger partial charge in [-0.1, -0.05) is 69.8 Å². The summed E-state index contributed by atoms with van der Waals surface area (Å²) in [6.07, 6.45) is 9.79. The highest BCUT2D eigenvalue weighted by Gasteiger charge is 2.23. The molecule has 0 unspecified atom stereocenters. The molecule has 1 heterocycles. The number of nitrogens with zero attached hydrogens (tertiary/aromatic N) is 2. The number of rotatable bonds is 9. The fourth-order valence-electron chi connectivity index (χ4n) is 3.99. The molecule has 1 aromatic carbocycles. The summed E-state index contributed by atoms with van der Waals surface area (Å²) in [6.45, 7) is 5.47. The number of para-hydroxylation sites is 2. The van der Waals surface area contributed by atoms with Crippen LogP contribution in [0.2, 0.25) is 0 Å². The van der Waals surface area contributed by atoms with Crippen molar-refractivity contribution in [2.45, 2.75) is 83.0 Å². The average molecular weight is 388 g/mol. The molecule has 0 aliphatic heterocycles. The van der Waals surface area contributed by atoms with E-state index in [-0.39, 0.29) is 5.91 Å². The number of hydrogen-bond donors (Lipinski definition) is 1. The van der Waals surface area contributed by atoms with E-state index in [0.29, 0.717) is 17.7 Å². The summed E-state index contributed by atoms with van der Waals surface area (Å²) in [5, 5.41) is 4.23. The summed E-state index contributed by atoms with van der Waals surface area (Å²) < 4.78 is 2.30. The largest absolute Gasteiger partial charge is 0.352 e. The van der Waals surface area contributed by atoms with Crippen molar-refractivity contribution in [2.24, 2.45) is 5.92 Å². The number of carbonyl (C=O) groups is 1. The van der Waals surface area contributed by atoms with Crippen LogP contribution in [0.4, 0.5) is 0 Å². The number of benzene rings is 1. The maximum Gasteiger partial charge on any atom is 0.230 e. The molecular formula is C22H33N3OS. The van der Waals surface area contributed by atoms with Crippen LogP contribution < -0.4 is 5.32 Å². The fourth-order valence-corrected chi connectivity index (χ4v) is 4.84. The molecule has 0 saturated heterocycles. The monoisotopic (exact) mass is 387 g/mol. The van der Waals surface area contributed by atoms with Gasteiger partial charge in [-0.25, -0.2) is 4.98 Å². The SMILES string of the molecule is CCCCCCn1c(SCC(=O)N[C@H]2CCCC[C@@H]2C)nc2ccccc21. The molecule has 1 N–H and O–H groups in total. The third-order valence-electron chi connectivity index (χ3n) is 5.65. The molecule has 1 fully saturated rings. The van der Waals surface area contributed by atoms with Gasteiger partial charge in [0.2, 0.25) is 5.91 Å². The van der Waals surface area contributed by atoms with Crippen molar-refractivity contribution in [1.82, 2.24) is 14.9 Å². The zero-order valence-corrected chi connectivity index (χ0v) is 17.6. The molecule has 4 nitrogen and oxygen atoms in total. The Morgan fingerprint density at radius 2 is 2.04 bits per heavy atom. The quantitative estimate of drug-likeness (QED) is 0.463. The van der Waals surface area contributed by atoms with Gasteiger partial charge in [0.1, 0.15) is 0 Å². The predicted molar refractivity (Wildman–Crippen MR) is 114 cm³/mol. The van der Waals surface area contributed by atoms with Crippen LogP contribution in [-0.2, 0) is 11.3 Å². The Kier molecular flexibility index (Phi) is 7.62. The van der Waals surface area contributed by atoms with Crippen LogP contribution in [0.1, 0.15) is 65.2 Å². The Morgan fingerprint density at radius 1 is 1.22 bits per heavy atom. The van der Waals surface area contributed by atoms with Gasteiger partial charge >= 0.3 is 0 Å². The molecule has 2 aromatic rings. The first-order valence-electron chi connectivity index (χ1n) is 10.6. The van der Waals surface area contributed by atoms with Crippen LogP contribution in [0, 0.1) is 5.92 Å². The van der Waals surface area contributed by atoms with Crippen LogP contribution in [0.25, 0.3) is 11.0 Å². The van der Waals surface area contributed by atoms with Crippen molar-refractivity contribution in [3.8, 4) is 0 Å². The highest BCUT2D eigenvalue weighted by Crippen LogP contribution is 2.26. The molecule has 1 aromatic heterocycles. The minimum absolute atomic E-state index is 0.142. The van der Waals surface area contributed by atoms with Crippen LogP contribution in [0.15, 0.2) is 29.4 Å². The Bertz CT molecular complexity index is 742. The van der Waals surface area contributed by atoms with Crippen molar-refractivity contribution in [1.29, 1.82) is 0 Å². The minimum atomic E-state index is 0.142. The molecule has 2 atom stereocenters. The third kappa shape index (κ3) is 5.50. The van der Waals surface area contributed by atoms with Gasteiger partial charge in [0, 0.05) is 12.6 Å². The number of aromatic nitrogens is 2. The zero-order valence-electron chi connectivity index (χ0n) is 16.7.